The largest absolute Gasteiger partial charge is 0.481 e. The molecule has 0 aromatic carbocycles. The lowest BCUT2D eigenvalue weighted by Crippen LogP contribution is -2.25. The van der Waals surface area contributed by atoms with Gasteiger partial charge in [-0.3, -0.25) is 4.79 Å². The van der Waals surface area contributed by atoms with Crippen LogP contribution in [0.25, 0.3) is 0 Å². The van der Waals surface area contributed by atoms with Crippen molar-refractivity contribution >= 4 is 18.4 Å². The van der Waals surface area contributed by atoms with Gasteiger partial charge in [-0.15, -0.1) is 12.4 Å². The van der Waals surface area contributed by atoms with Gasteiger partial charge < -0.3 is 10.4 Å². The van der Waals surface area contributed by atoms with Gasteiger partial charge in [-0.25, -0.2) is 0 Å². The molecule has 0 fully saturated rings. The maximum atomic E-state index is 10.4. The first-order valence-electron chi connectivity index (χ1n) is 3.59. The van der Waals surface area contributed by atoms with Crippen molar-refractivity contribution in [1.82, 2.24) is 5.32 Å². The highest BCUT2D eigenvalue weighted by atomic mass is 35.5. The Labute approximate surface area is 73.6 Å². The maximum Gasteiger partial charge on any atom is 0.307 e. The summed E-state index contributed by atoms with van der Waals surface area (Å²) in [5.74, 6) is -0.911. The summed E-state index contributed by atoms with van der Waals surface area (Å²) in [4.78, 5) is 10.4. The molecule has 0 saturated heterocycles. The molecular formula is C7H16ClNO2. The number of nitrogens with one attached hydrogen (secondary N) is 1. The molecule has 0 spiro atoms. The van der Waals surface area contributed by atoms with E-state index < -0.39 is 5.97 Å². The number of rotatable bonds is 5. The van der Waals surface area contributed by atoms with Crippen LogP contribution < -0.4 is 5.32 Å². The minimum absolute atomic E-state index is 0. The second-order valence-electron chi connectivity index (χ2n) is 2.38. The second-order valence-corrected chi connectivity index (χ2v) is 2.38. The SMILES string of the molecule is CCC[C@H](CNC)C(=O)O.Cl. The van der Waals surface area contributed by atoms with Crippen LogP contribution in [0.15, 0.2) is 0 Å². The monoisotopic (exact) mass is 181 g/mol. The molecule has 0 unspecified atom stereocenters. The predicted octanol–water partition coefficient (Wildman–Crippen LogP) is 1.13. The molecule has 2 N–H and O–H groups in total. The Morgan fingerprint density at radius 1 is 1.64 bits per heavy atom. The summed E-state index contributed by atoms with van der Waals surface area (Å²) < 4.78 is 0. The minimum Gasteiger partial charge on any atom is -0.481 e. The zero-order valence-electron chi connectivity index (χ0n) is 6.96. The highest BCUT2D eigenvalue weighted by Crippen LogP contribution is 2.04. The fourth-order valence-electron chi connectivity index (χ4n) is 0.908. The average Bonchev–Trinajstić information content (AvgIpc) is 1.87. The lowest BCUT2D eigenvalue weighted by Gasteiger charge is -2.08. The van der Waals surface area contributed by atoms with Crippen LogP contribution in [0.5, 0.6) is 0 Å². The number of hydrogen-bond acceptors (Lipinski definition) is 2. The van der Waals surface area contributed by atoms with E-state index in [-0.39, 0.29) is 18.3 Å². The lowest BCUT2D eigenvalue weighted by molar-refractivity contribution is -0.141. The molecule has 0 rings (SSSR count). The summed E-state index contributed by atoms with van der Waals surface area (Å²) in [5.41, 5.74) is 0. The van der Waals surface area contributed by atoms with Crippen molar-refractivity contribution in [3.05, 3.63) is 0 Å². The van der Waals surface area contributed by atoms with Crippen LogP contribution in [0, 0.1) is 5.92 Å². The molecule has 68 valence electrons. The van der Waals surface area contributed by atoms with Crippen molar-refractivity contribution in [2.24, 2.45) is 5.92 Å². The van der Waals surface area contributed by atoms with Gasteiger partial charge in [-0.2, -0.15) is 0 Å². The molecule has 11 heavy (non-hydrogen) atoms. The van der Waals surface area contributed by atoms with Crippen molar-refractivity contribution in [2.75, 3.05) is 13.6 Å². The van der Waals surface area contributed by atoms with Crippen molar-refractivity contribution in [2.45, 2.75) is 19.8 Å². The van der Waals surface area contributed by atoms with Crippen molar-refractivity contribution in [1.29, 1.82) is 0 Å². The Kier molecular flexibility index (Phi) is 9.47. The van der Waals surface area contributed by atoms with Crippen molar-refractivity contribution < 1.29 is 9.90 Å². The first kappa shape index (κ1) is 13.3. The zero-order chi connectivity index (χ0) is 7.98. The molecule has 0 radical (unpaired) electrons. The summed E-state index contributed by atoms with van der Waals surface area (Å²) in [5, 5.41) is 11.4. The maximum absolute atomic E-state index is 10.4. The molecule has 0 heterocycles. The fourth-order valence-corrected chi connectivity index (χ4v) is 0.908. The number of carboxylic acid groups (broad SMARTS) is 1. The predicted molar refractivity (Wildman–Crippen MR) is 47.2 cm³/mol. The third-order valence-electron chi connectivity index (χ3n) is 1.44. The van der Waals surface area contributed by atoms with Gasteiger partial charge >= 0.3 is 5.97 Å². The van der Waals surface area contributed by atoms with Gasteiger partial charge in [0, 0.05) is 6.54 Å². The van der Waals surface area contributed by atoms with Gasteiger partial charge in [0.05, 0.1) is 5.92 Å². The minimum atomic E-state index is -0.698. The van der Waals surface area contributed by atoms with Crippen LogP contribution in [-0.2, 0) is 4.79 Å². The molecule has 0 bridgehead atoms. The van der Waals surface area contributed by atoms with Gasteiger partial charge in [0.1, 0.15) is 0 Å². The van der Waals surface area contributed by atoms with Crippen LogP contribution in [-0.4, -0.2) is 24.7 Å². The summed E-state index contributed by atoms with van der Waals surface area (Å²) in [6, 6.07) is 0. The molecule has 0 aromatic heterocycles. The smallest absolute Gasteiger partial charge is 0.307 e. The molecule has 3 nitrogen and oxygen atoms in total. The number of aliphatic carboxylic acids is 1. The lowest BCUT2D eigenvalue weighted by atomic mass is 10.0. The highest BCUT2D eigenvalue weighted by Gasteiger charge is 2.13. The van der Waals surface area contributed by atoms with E-state index >= 15 is 0 Å². The van der Waals surface area contributed by atoms with E-state index in [9.17, 15) is 4.79 Å². The van der Waals surface area contributed by atoms with Crippen LogP contribution in [0.3, 0.4) is 0 Å². The second kappa shape index (κ2) is 7.82. The molecule has 0 aliphatic rings. The van der Waals surface area contributed by atoms with Crippen LogP contribution in [0.1, 0.15) is 19.8 Å². The Morgan fingerprint density at radius 3 is 2.45 bits per heavy atom. The van der Waals surface area contributed by atoms with E-state index in [2.05, 4.69) is 5.32 Å². The molecule has 4 heteroatoms. The third kappa shape index (κ3) is 6.13. The van der Waals surface area contributed by atoms with Crippen molar-refractivity contribution in [3.8, 4) is 0 Å². The van der Waals surface area contributed by atoms with Crippen molar-refractivity contribution in [3.63, 3.8) is 0 Å². The Balaban J connectivity index is 0. The first-order chi connectivity index (χ1) is 4.72. The number of carboxylic acids is 1. The third-order valence-corrected chi connectivity index (χ3v) is 1.44. The van der Waals surface area contributed by atoms with Gasteiger partial charge in [-0.05, 0) is 13.5 Å². The Bertz CT molecular complexity index is 103. The normalized spacial score (nSPS) is 11.8. The van der Waals surface area contributed by atoms with Crippen LogP contribution in [0.4, 0.5) is 0 Å². The average molecular weight is 182 g/mol. The fraction of sp³-hybridized carbons (Fsp3) is 0.857. The first-order valence-corrected chi connectivity index (χ1v) is 3.59. The standard InChI is InChI=1S/C7H15NO2.ClH/c1-3-4-6(5-8-2)7(9)10;/h6,8H,3-5H2,1-2H3,(H,9,10);1H/t6-;/m1./s1. The summed E-state index contributed by atoms with van der Waals surface area (Å²) in [6.07, 6.45) is 1.69. The van der Waals surface area contributed by atoms with E-state index in [1.165, 1.54) is 0 Å². The molecule has 0 aromatic rings. The zero-order valence-corrected chi connectivity index (χ0v) is 7.78. The topological polar surface area (TPSA) is 49.3 Å². The summed E-state index contributed by atoms with van der Waals surface area (Å²) >= 11 is 0. The molecule has 0 aliphatic carbocycles. The Hall–Kier alpha value is -0.280. The van der Waals surface area contributed by atoms with Crippen LogP contribution in [0.2, 0.25) is 0 Å². The van der Waals surface area contributed by atoms with Gasteiger partial charge in [0.2, 0.25) is 0 Å². The van der Waals surface area contributed by atoms with E-state index in [0.717, 1.165) is 12.8 Å². The molecule has 1 atom stereocenters. The molecular weight excluding hydrogens is 166 g/mol. The number of carbonyl (C=O) groups is 1. The van der Waals surface area contributed by atoms with Gasteiger partial charge in [-0.1, -0.05) is 13.3 Å². The summed E-state index contributed by atoms with van der Waals surface area (Å²) in [7, 11) is 1.77. The van der Waals surface area contributed by atoms with E-state index in [4.69, 9.17) is 5.11 Å². The molecule has 0 saturated carbocycles. The number of halogens is 1. The Morgan fingerprint density at radius 2 is 2.18 bits per heavy atom. The van der Waals surface area contributed by atoms with E-state index in [0.29, 0.717) is 6.54 Å². The molecule has 0 amide bonds. The van der Waals surface area contributed by atoms with Gasteiger partial charge in [0.15, 0.2) is 0 Å². The van der Waals surface area contributed by atoms with Gasteiger partial charge in [0.25, 0.3) is 0 Å². The van der Waals surface area contributed by atoms with E-state index in [1.54, 1.807) is 7.05 Å². The molecule has 0 aliphatic heterocycles. The quantitative estimate of drug-likeness (QED) is 0.669. The summed E-state index contributed by atoms with van der Waals surface area (Å²) in [6.45, 7) is 2.56. The van der Waals surface area contributed by atoms with E-state index in [1.807, 2.05) is 6.92 Å². The van der Waals surface area contributed by atoms with Crippen LogP contribution >= 0.6 is 12.4 Å². The number of hydrogen-bond donors (Lipinski definition) is 2. The highest BCUT2D eigenvalue weighted by molar-refractivity contribution is 5.85.